The summed E-state index contributed by atoms with van der Waals surface area (Å²) >= 11 is 0. The Labute approximate surface area is 148 Å². The number of ketones is 1. The van der Waals surface area contributed by atoms with Crippen LogP contribution >= 0.6 is 0 Å². The van der Waals surface area contributed by atoms with Crippen LogP contribution < -0.4 is 0 Å². The molecular formula is C21H23NO3. The summed E-state index contributed by atoms with van der Waals surface area (Å²) in [5.74, 6) is -0.582. The molecule has 1 aliphatic rings. The van der Waals surface area contributed by atoms with E-state index < -0.39 is 5.97 Å². The first kappa shape index (κ1) is 17.4. The molecule has 1 fully saturated rings. The van der Waals surface area contributed by atoms with Crippen LogP contribution in [0.15, 0.2) is 48.5 Å². The molecule has 25 heavy (non-hydrogen) atoms. The molecule has 1 heterocycles. The maximum Gasteiger partial charge on any atom is 0.338 e. The molecule has 0 bridgehead atoms. The van der Waals surface area contributed by atoms with Crippen molar-refractivity contribution >= 4 is 11.8 Å². The summed E-state index contributed by atoms with van der Waals surface area (Å²) in [5, 5.41) is 0. The van der Waals surface area contributed by atoms with Gasteiger partial charge in [-0.1, -0.05) is 42.5 Å². The smallest absolute Gasteiger partial charge is 0.338 e. The van der Waals surface area contributed by atoms with Gasteiger partial charge in [-0.25, -0.2) is 4.79 Å². The number of rotatable bonds is 6. The van der Waals surface area contributed by atoms with Gasteiger partial charge >= 0.3 is 5.97 Å². The fourth-order valence-corrected chi connectivity index (χ4v) is 3.27. The third kappa shape index (κ3) is 3.97. The van der Waals surface area contributed by atoms with Crippen molar-refractivity contribution in [2.75, 3.05) is 19.7 Å². The van der Waals surface area contributed by atoms with Crippen molar-refractivity contribution in [2.24, 2.45) is 0 Å². The van der Waals surface area contributed by atoms with Crippen LogP contribution in [-0.2, 0) is 11.3 Å². The van der Waals surface area contributed by atoms with Gasteiger partial charge < -0.3 is 4.74 Å². The van der Waals surface area contributed by atoms with Gasteiger partial charge in [-0.05, 0) is 44.5 Å². The summed E-state index contributed by atoms with van der Waals surface area (Å²) in [6.45, 7) is 4.95. The van der Waals surface area contributed by atoms with Crippen LogP contribution in [0, 0.1) is 0 Å². The number of hydrogen-bond acceptors (Lipinski definition) is 4. The monoisotopic (exact) mass is 337 g/mol. The number of nitrogens with zero attached hydrogens (tertiary/aromatic N) is 1. The summed E-state index contributed by atoms with van der Waals surface area (Å²) in [4.78, 5) is 27.7. The SMILES string of the molecule is CCOC(=O)c1ccccc1C(=O)c1ccccc1CN1CCCC1. The fraction of sp³-hybridized carbons (Fsp3) is 0.333. The molecule has 0 aliphatic carbocycles. The molecule has 0 unspecified atom stereocenters. The Hall–Kier alpha value is -2.46. The van der Waals surface area contributed by atoms with E-state index >= 15 is 0 Å². The van der Waals surface area contributed by atoms with Crippen molar-refractivity contribution in [1.29, 1.82) is 0 Å². The largest absolute Gasteiger partial charge is 0.462 e. The number of hydrogen-bond donors (Lipinski definition) is 0. The average molecular weight is 337 g/mol. The molecule has 0 aromatic heterocycles. The Balaban J connectivity index is 1.92. The van der Waals surface area contributed by atoms with Crippen LogP contribution in [-0.4, -0.2) is 36.3 Å². The van der Waals surface area contributed by atoms with E-state index in [9.17, 15) is 9.59 Å². The van der Waals surface area contributed by atoms with E-state index in [1.54, 1.807) is 31.2 Å². The summed E-state index contributed by atoms with van der Waals surface area (Å²) < 4.78 is 5.09. The average Bonchev–Trinajstić information content (AvgIpc) is 3.15. The van der Waals surface area contributed by atoms with Gasteiger partial charge in [0.1, 0.15) is 0 Å². The topological polar surface area (TPSA) is 46.6 Å². The van der Waals surface area contributed by atoms with Gasteiger partial charge in [0.25, 0.3) is 0 Å². The lowest BCUT2D eigenvalue weighted by Gasteiger charge is -2.17. The molecule has 1 saturated heterocycles. The highest BCUT2D eigenvalue weighted by molar-refractivity contribution is 6.15. The number of benzene rings is 2. The molecule has 2 aromatic rings. The van der Waals surface area contributed by atoms with Crippen molar-refractivity contribution in [3.63, 3.8) is 0 Å². The maximum atomic E-state index is 13.1. The lowest BCUT2D eigenvalue weighted by molar-refractivity contribution is 0.0523. The molecule has 0 radical (unpaired) electrons. The second-order valence-corrected chi connectivity index (χ2v) is 6.24. The Morgan fingerprint density at radius 1 is 0.920 bits per heavy atom. The molecule has 0 spiro atoms. The molecule has 1 aliphatic heterocycles. The predicted octanol–water partition coefficient (Wildman–Crippen LogP) is 3.69. The highest BCUT2D eigenvalue weighted by Gasteiger charge is 2.22. The molecular weight excluding hydrogens is 314 g/mol. The Bertz CT molecular complexity index is 763. The molecule has 0 atom stereocenters. The lowest BCUT2D eigenvalue weighted by Crippen LogP contribution is -2.21. The number of ether oxygens (including phenoxy) is 1. The zero-order valence-electron chi connectivity index (χ0n) is 14.5. The van der Waals surface area contributed by atoms with Crippen molar-refractivity contribution < 1.29 is 14.3 Å². The van der Waals surface area contributed by atoms with Gasteiger partial charge in [0.15, 0.2) is 5.78 Å². The Morgan fingerprint density at radius 3 is 2.20 bits per heavy atom. The van der Waals surface area contributed by atoms with Gasteiger partial charge in [0, 0.05) is 17.7 Å². The highest BCUT2D eigenvalue weighted by atomic mass is 16.5. The van der Waals surface area contributed by atoms with Crippen molar-refractivity contribution in [1.82, 2.24) is 4.90 Å². The van der Waals surface area contributed by atoms with E-state index in [2.05, 4.69) is 4.90 Å². The first-order valence-corrected chi connectivity index (χ1v) is 8.82. The second kappa shape index (κ2) is 8.08. The van der Waals surface area contributed by atoms with E-state index in [-0.39, 0.29) is 12.4 Å². The second-order valence-electron chi connectivity index (χ2n) is 6.24. The summed E-state index contributed by atoms with van der Waals surface area (Å²) in [6.07, 6.45) is 2.42. The van der Waals surface area contributed by atoms with Gasteiger partial charge in [-0.15, -0.1) is 0 Å². The van der Waals surface area contributed by atoms with Crippen LogP contribution in [0.25, 0.3) is 0 Å². The van der Waals surface area contributed by atoms with Gasteiger partial charge in [-0.3, -0.25) is 9.69 Å². The minimum Gasteiger partial charge on any atom is -0.462 e. The molecule has 4 nitrogen and oxygen atoms in total. The third-order valence-corrected chi connectivity index (χ3v) is 4.52. The zero-order chi connectivity index (χ0) is 17.6. The van der Waals surface area contributed by atoms with Crippen molar-refractivity contribution in [2.45, 2.75) is 26.3 Å². The van der Waals surface area contributed by atoms with Gasteiger partial charge in [0.05, 0.1) is 12.2 Å². The van der Waals surface area contributed by atoms with Crippen LogP contribution in [0.5, 0.6) is 0 Å². The Kier molecular flexibility index (Phi) is 5.61. The quantitative estimate of drug-likeness (QED) is 0.596. The van der Waals surface area contributed by atoms with E-state index in [4.69, 9.17) is 4.74 Å². The maximum absolute atomic E-state index is 13.1. The van der Waals surface area contributed by atoms with Crippen molar-refractivity contribution in [3.05, 3.63) is 70.8 Å². The van der Waals surface area contributed by atoms with E-state index in [0.717, 1.165) is 25.2 Å². The third-order valence-electron chi connectivity index (χ3n) is 4.52. The first-order chi connectivity index (χ1) is 12.2. The molecule has 3 rings (SSSR count). The van der Waals surface area contributed by atoms with Crippen LogP contribution in [0.4, 0.5) is 0 Å². The Morgan fingerprint density at radius 2 is 1.52 bits per heavy atom. The normalized spacial score (nSPS) is 14.4. The minimum atomic E-state index is -0.455. The van der Waals surface area contributed by atoms with Gasteiger partial charge in [0.2, 0.25) is 0 Å². The summed E-state index contributed by atoms with van der Waals surface area (Å²) in [5.41, 5.74) is 2.39. The minimum absolute atomic E-state index is 0.126. The van der Waals surface area contributed by atoms with Crippen LogP contribution in [0.1, 0.15) is 51.6 Å². The number of carbonyl (C=O) groups is 2. The molecule has 0 amide bonds. The van der Waals surface area contributed by atoms with E-state index in [0.29, 0.717) is 16.7 Å². The molecule has 2 aromatic carbocycles. The number of likely N-dealkylation sites (tertiary alicyclic amines) is 1. The first-order valence-electron chi connectivity index (χ1n) is 8.82. The number of carbonyl (C=O) groups excluding carboxylic acids is 2. The molecule has 130 valence electrons. The summed E-state index contributed by atoms with van der Waals surface area (Å²) in [7, 11) is 0. The highest BCUT2D eigenvalue weighted by Crippen LogP contribution is 2.21. The predicted molar refractivity (Wildman–Crippen MR) is 96.8 cm³/mol. The zero-order valence-corrected chi connectivity index (χ0v) is 14.5. The fourth-order valence-electron chi connectivity index (χ4n) is 3.27. The van der Waals surface area contributed by atoms with Gasteiger partial charge in [-0.2, -0.15) is 0 Å². The molecule has 0 saturated carbocycles. The molecule has 0 N–H and O–H groups in total. The van der Waals surface area contributed by atoms with Crippen LogP contribution in [0.3, 0.4) is 0 Å². The standard InChI is InChI=1S/C21H23NO3/c1-2-25-21(24)19-12-6-5-11-18(19)20(23)17-10-4-3-9-16(17)15-22-13-7-8-14-22/h3-6,9-12H,2,7-8,13-15H2,1H3. The lowest BCUT2D eigenvalue weighted by atomic mass is 9.95. The van der Waals surface area contributed by atoms with E-state index in [1.807, 2.05) is 24.3 Å². The van der Waals surface area contributed by atoms with Crippen LogP contribution in [0.2, 0.25) is 0 Å². The van der Waals surface area contributed by atoms with E-state index in [1.165, 1.54) is 12.8 Å². The van der Waals surface area contributed by atoms with Crippen molar-refractivity contribution in [3.8, 4) is 0 Å². The number of esters is 1. The molecule has 4 heteroatoms. The summed E-state index contributed by atoms with van der Waals surface area (Å²) in [6, 6.07) is 14.5.